The van der Waals surface area contributed by atoms with E-state index in [0.29, 0.717) is 12.3 Å². The minimum absolute atomic E-state index is 0.685. The topological polar surface area (TPSA) is 38.5 Å². The van der Waals surface area contributed by atoms with Crippen LogP contribution in [0.3, 0.4) is 0 Å². The molecule has 2 aromatic rings. The van der Waals surface area contributed by atoms with Crippen LogP contribution in [0.25, 0.3) is 0 Å². The molecular weight excluding hydrogens is 260 g/mol. The average Bonchev–Trinajstić information content (AvgIpc) is 2.50. The van der Waals surface area contributed by atoms with Gasteiger partial charge in [0.25, 0.3) is 0 Å². The minimum Gasteiger partial charge on any atom is -0.491 e. The van der Waals surface area contributed by atoms with Crippen molar-refractivity contribution < 1.29 is 4.74 Å². The molecule has 0 radical (unpaired) electrons. The van der Waals surface area contributed by atoms with Crippen molar-refractivity contribution in [2.45, 2.75) is 27.2 Å². The van der Waals surface area contributed by atoms with Gasteiger partial charge in [0.2, 0.25) is 0 Å². The average molecular weight is 284 g/mol. The molecule has 3 nitrogen and oxygen atoms in total. The molecule has 0 unspecified atom stereocenters. The molecule has 0 saturated carbocycles. The number of aryl methyl sites for hydroxylation is 1. The maximum absolute atomic E-state index is 5.99. The summed E-state index contributed by atoms with van der Waals surface area (Å²) in [5, 5.41) is 0. The fourth-order valence-corrected chi connectivity index (χ4v) is 2.27. The predicted octanol–water partition coefficient (Wildman–Crippen LogP) is 4.52. The quantitative estimate of drug-likeness (QED) is 0.792. The predicted molar refractivity (Wildman–Crippen MR) is 90.5 cm³/mol. The zero-order chi connectivity index (χ0) is 15.2. The van der Waals surface area contributed by atoms with E-state index in [1.807, 2.05) is 18.2 Å². The molecule has 2 aromatic carbocycles. The Morgan fingerprint density at radius 2 is 1.67 bits per heavy atom. The SMILES string of the molecule is CCCOc1cc(N(CC)c2ccc(C)cc2)ccc1N. The van der Waals surface area contributed by atoms with E-state index >= 15 is 0 Å². The standard InChI is InChI=1S/C18H24N2O/c1-4-12-21-18-13-16(10-11-17(18)19)20(5-2)15-8-6-14(3)7-9-15/h6-11,13H,4-5,12,19H2,1-3H3. The van der Waals surface area contributed by atoms with E-state index in [1.165, 1.54) is 11.3 Å². The van der Waals surface area contributed by atoms with Gasteiger partial charge in [-0.25, -0.2) is 0 Å². The van der Waals surface area contributed by atoms with Gasteiger partial charge in [0, 0.05) is 24.0 Å². The summed E-state index contributed by atoms with van der Waals surface area (Å²) in [4.78, 5) is 2.25. The van der Waals surface area contributed by atoms with Gasteiger partial charge in [-0.15, -0.1) is 0 Å². The molecule has 0 aliphatic carbocycles. The number of rotatable bonds is 6. The molecule has 0 atom stereocenters. The first-order chi connectivity index (χ1) is 10.2. The number of nitrogen functional groups attached to an aromatic ring is 1. The van der Waals surface area contributed by atoms with Crippen molar-refractivity contribution in [3.8, 4) is 5.75 Å². The minimum atomic E-state index is 0.685. The second-order valence-electron chi connectivity index (χ2n) is 5.15. The first-order valence-electron chi connectivity index (χ1n) is 7.52. The summed E-state index contributed by atoms with van der Waals surface area (Å²) < 4.78 is 5.72. The summed E-state index contributed by atoms with van der Waals surface area (Å²) in [6.07, 6.45) is 0.971. The van der Waals surface area contributed by atoms with Crippen LogP contribution >= 0.6 is 0 Å². The second kappa shape index (κ2) is 7.02. The number of benzene rings is 2. The Hall–Kier alpha value is -2.16. The number of nitrogens with two attached hydrogens (primary N) is 1. The van der Waals surface area contributed by atoms with Gasteiger partial charge >= 0.3 is 0 Å². The third-order valence-corrected chi connectivity index (χ3v) is 3.43. The zero-order valence-corrected chi connectivity index (χ0v) is 13.1. The highest BCUT2D eigenvalue weighted by atomic mass is 16.5. The van der Waals surface area contributed by atoms with Crippen LogP contribution in [0.5, 0.6) is 5.75 Å². The van der Waals surface area contributed by atoms with Crippen LogP contribution in [0.2, 0.25) is 0 Å². The lowest BCUT2D eigenvalue weighted by Crippen LogP contribution is -2.16. The molecule has 112 valence electrons. The van der Waals surface area contributed by atoms with Crippen molar-refractivity contribution in [2.24, 2.45) is 0 Å². The highest BCUT2D eigenvalue weighted by Gasteiger charge is 2.10. The highest BCUT2D eigenvalue weighted by Crippen LogP contribution is 2.32. The number of hydrogen-bond acceptors (Lipinski definition) is 3. The monoisotopic (exact) mass is 284 g/mol. The van der Waals surface area contributed by atoms with E-state index < -0.39 is 0 Å². The van der Waals surface area contributed by atoms with Crippen molar-refractivity contribution >= 4 is 17.1 Å². The molecule has 2 rings (SSSR count). The van der Waals surface area contributed by atoms with Crippen LogP contribution in [0.15, 0.2) is 42.5 Å². The third-order valence-electron chi connectivity index (χ3n) is 3.43. The van der Waals surface area contributed by atoms with Crippen molar-refractivity contribution in [3.05, 3.63) is 48.0 Å². The molecule has 21 heavy (non-hydrogen) atoms. The molecule has 0 aromatic heterocycles. The smallest absolute Gasteiger partial charge is 0.144 e. The van der Waals surface area contributed by atoms with Gasteiger partial charge in [-0.05, 0) is 44.5 Å². The van der Waals surface area contributed by atoms with Crippen LogP contribution in [-0.2, 0) is 0 Å². The first-order valence-corrected chi connectivity index (χ1v) is 7.52. The van der Waals surface area contributed by atoms with E-state index in [9.17, 15) is 0 Å². The van der Waals surface area contributed by atoms with Gasteiger partial charge in [-0.1, -0.05) is 24.6 Å². The van der Waals surface area contributed by atoms with Crippen molar-refractivity contribution in [1.29, 1.82) is 0 Å². The highest BCUT2D eigenvalue weighted by molar-refractivity contribution is 5.69. The summed E-state index contributed by atoms with van der Waals surface area (Å²) in [7, 11) is 0. The summed E-state index contributed by atoms with van der Waals surface area (Å²) >= 11 is 0. The van der Waals surface area contributed by atoms with E-state index in [4.69, 9.17) is 10.5 Å². The largest absolute Gasteiger partial charge is 0.491 e. The molecule has 0 aliphatic rings. The van der Waals surface area contributed by atoms with Crippen LogP contribution in [0.4, 0.5) is 17.1 Å². The van der Waals surface area contributed by atoms with Crippen LogP contribution < -0.4 is 15.4 Å². The fraction of sp³-hybridized carbons (Fsp3) is 0.333. The van der Waals surface area contributed by atoms with Crippen LogP contribution in [0, 0.1) is 6.92 Å². The Kier molecular flexibility index (Phi) is 5.09. The van der Waals surface area contributed by atoms with E-state index in [2.05, 4.69) is 49.9 Å². The Morgan fingerprint density at radius 1 is 1.00 bits per heavy atom. The number of ether oxygens (including phenoxy) is 1. The van der Waals surface area contributed by atoms with Gasteiger partial charge in [-0.3, -0.25) is 0 Å². The van der Waals surface area contributed by atoms with Crippen LogP contribution in [0.1, 0.15) is 25.8 Å². The lowest BCUT2D eigenvalue weighted by molar-refractivity contribution is 0.319. The summed E-state index contributed by atoms with van der Waals surface area (Å²) in [6.45, 7) is 7.90. The molecule has 0 fully saturated rings. The maximum Gasteiger partial charge on any atom is 0.144 e. The van der Waals surface area contributed by atoms with E-state index in [1.54, 1.807) is 0 Å². The molecule has 0 aliphatic heterocycles. The number of nitrogens with zero attached hydrogens (tertiary/aromatic N) is 1. The maximum atomic E-state index is 5.99. The molecule has 0 saturated heterocycles. The van der Waals surface area contributed by atoms with Gasteiger partial charge in [0.05, 0.1) is 12.3 Å². The summed E-state index contributed by atoms with van der Waals surface area (Å²) in [5.74, 6) is 0.764. The molecule has 0 heterocycles. The molecule has 2 N–H and O–H groups in total. The van der Waals surface area contributed by atoms with Gasteiger partial charge in [0.15, 0.2) is 0 Å². The van der Waals surface area contributed by atoms with Crippen molar-refractivity contribution in [3.63, 3.8) is 0 Å². The van der Waals surface area contributed by atoms with Crippen LogP contribution in [-0.4, -0.2) is 13.2 Å². The summed E-state index contributed by atoms with van der Waals surface area (Å²) in [6, 6.07) is 14.5. The van der Waals surface area contributed by atoms with Gasteiger partial charge in [0.1, 0.15) is 5.75 Å². The lowest BCUT2D eigenvalue weighted by Gasteiger charge is -2.24. The number of anilines is 3. The Labute approximate surface area is 127 Å². The first kappa shape index (κ1) is 15.2. The van der Waals surface area contributed by atoms with Crippen molar-refractivity contribution in [2.75, 3.05) is 23.8 Å². The molecule has 3 heteroatoms. The summed E-state index contributed by atoms with van der Waals surface area (Å²) in [5.41, 5.74) is 10.2. The normalized spacial score (nSPS) is 10.4. The van der Waals surface area contributed by atoms with Gasteiger partial charge in [-0.2, -0.15) is 0 Å². The third kappa shape index (κ3) is 3.69. The molecule has 0 spiro atoms. The van der Waals surface area contributed by atoms with E-state index in [-0.39, 0.29) is 0 Å². The molecule has 0 amide bonds. The van der Waals surface area contributed by atoms with E-state index in [0.717, 1.165) is 24.4 Å². The Balaban J connectivity index is 2.31. The fourth-order valence-electron chi connectivity index (χ4n) is 2.27. The number of hydrogen-bond donors (Lipinski definition) is 1. The lowest BCUT2D eigenvalue weighted by atomic mass is 10.2. The molecular formula is C18H24N2O. The molecule has 0 bridgehead atoms. The zero-order valence-electron chi connectivity index (χ0n) is 13.1. The second-order valence-corrected chi connectivity index (χ2v) is 5.15. The Bertz CT molecular complexity index is 578. The van der Waals surface area contributed by atoms with Crippen molar-refractivity contribution in [1.82, 2.24) is 0 Å². The van der Waals surface area contributed by atoms with Gasteiger partial charge < -0.3 is 15.4 Å². The Morgan fingerprint density at radius 3 is 2.29 bits per heavy atom.